The van der Waals surface area contributed by atoms with E-state index in [0.717, 1.165) is 17.1 Å². The first-order valence-electron chi connectivity index (χ1n) is 7.79. The Balaban J connectivity index is 1.89. The molecule has 6 heteroatoms. The van der Waals surface area contributed by atoms with Crippen LogP contribution in [-0.2, 0) is 0 Å². The number of halogens is 1. The molecular formula is C17H20ClN3OS. The van der Waals surface area contributed by atoms with Gasteiger partial charge in [0.15, 0.2) is 0 Å². The second kappa shape index (κ2) is 6.99. The molecule has 1 aliphatic heterocycles. The Morgan fingerprint density at radius 3 is 2.91 bits per heavy atom. The summed E-state index contributed by atoms with van der Waals surface area (Å²) in [6, 6.07) is 7.66. The lowest BCUT2D eigenvalue weighted by Gasteiger charge is -2.36. The number of nitrogens with zero attached hydrogens (tertiary/aromatic N) is 2. The molecule has 1 atom stereocenters. The molecule has 1 fully saturated rings. The number of carbonyl (C=O) groups excluding carboxylic acids is 1. The molecule has 1 saturated heterocycles. The average molecular weight is 350 g/mol. The molecule has 1 aliphatic rings. The zero-order chi connectivity index (χ0) is 16.4. The van der Waals surface area contributed by atoms with E-state index in [1.165, 1.54) is 0 Å². The van der Waals surface area contributed by atoms with E-state index in [-0.39, 0.29) is 11.9 Å². The van der Waals surface area contributed by atoms with Gasteiger partial charge in [-0.2, -0.15) is 0 Å². The molecule has 0 radical (unpaired) electrons. The van der Waals surface area contributed by atoms with E-state index in [0.29, 0.717) is 29.7 Å². The summed E-state index contributed by atoms with van der Waals surface area (Å²) in [5.41, 5.74) is 1.52. The van der Waals surface area contributed by atoms with E-state index in [2.05, 4.69) is 24.1 Å². The van der Waals surface area contributed by atoms with Gasteiger partial charge < -0.3 is 10.2 Å². The van der Waals surface area contributed by atoms with E-state index >= 15 is 0 Å². The van der Waals surface area contributed by atoms with Crippen molar-refractivity contribution in [3.63, 3.8) is 0 Å². The monoisotopic (exact) mass is 349 g/mol. The lowest BCUT2D eigenvalue weighted by atomic mass is 10.0. The quantitative estimate of drug-likeness (QED) is 0.918. The third-order valence-electron chi connectivity index (χ3n) is 4.00. The van der Waals surface area contributed by atoms with Gasteiger partial charge in [-0.3, -0.25) is 4.79 Å². The smallest absolute Gasteiger partial charge is 0.273 e. The maximum atomic E-state index is 12.9. The zero-order valence-electron chi connectivity index (χ0n) is 13.3. The van der Waals surface area contributed by atoms with Crippen LogP contribution in [0, 0.1) is 0 Å². The van der Waals surface area contributed by atoms with E-state index in [1.54, 1.807) is 11.3 Å². The second-order valence-electron chi connectivity index (χ2n) is 5.97. The Kier molecular flexibility index (Phi) is 4.99. The number of nitrogens with one attached hydrogen (secondary N) is 1. The van der Waals surface area contributed by atoms with Crippen molar-refractivity contribution < 1.29 is 4.79 Å². The second-order valence-corrected chi connectivity index (χ2v) is 7.26. The molecule has 1 amide bonds. The van der Waals surface area contributed by atoms with Crippen LogP contribution >= 0.6 is 22.9 Å². The highest BCUT2D eigenvalue weighted by atomic mass is 35.5. The molecule has 0 bridgehead atoms. The molecule has 4 nitrogen and oxygen atoms in total. The molecule has 1 aromatic heterocycles. The molecule has 0 saturated carbocycles. The highest BCUT2D eigenvalue weighted by Gasteiger charge is 2.31. The van der Waals surface area contributed by atoms with E-state index in [1.807, 2.05) is 34.5 Å². The van der Waals surface area contributed by atoms with Crippen LogP contribution in [0.2, 0.25) is 5.02 Å². The van der Waals surface area contributed by atoms with E-state index in [9.17, 15) is 4.79 Å². The van der Waals surface area contributed by atoms with Gasteiger partial charge in [0.2, 0.25) is 0 Å². The van der Waals surface area contributed by atoms with Crippen molar-refractivity contribution in [2.45, 2.75) is 25.8 Å². The molecule has 3 rings (SSSR count). The van der Waals surface area contributed by atoms with Crippen LogP contribution in [0.5, 0.6) is 0 Å². The van der Waals surface area contributed by atoms with Crippen LogP contribution in [0.4, 0.5) is 0 Å². The number of piperazine rings is 1. The molecule has 23 heavy (non-hydrogen) atoms. The summed E-state index contributed by atoms with van der Waals surface area (Å²) in [6.45, 7) is 6.32. The molecular weight excluding hydrogens is 330 g/mol. The molecule has 1 aromatic carbocycles. The van der Waals surface area contributed by atoms with Crippen molar-refractivity contribution in [2.24, 2.45) is 0 Å². The first-order chi connectivity index (χ1) is 11.1. The maximum Gasteiger partial charge on any atom is 0.273 e. The highest BCUT2D eigenvalue weighted by Crippen LogP contribution is 2.30. The third-order valence-corrected chi connectivity index (χ3v) is 5.49. The van der Waals surface area contributed by atoms with Crippen LogP contribution in [0.25, 0.3) is 0 Å². The van der Waals surface area contributed by atoms with Gasteiger partial charge >= 0.3 is 0 Å². The lowest BCUT2D eigenvalue weighted by molar-refractivity contribution is 0.0629. The SMILES string of the molecule is CC(C)c1nc(C(=O)N2CCNCC2c2ccccc2Cl)cs1. The molecule has 2 heterocycles. The largest absolute Gasteiger partial charge is 0.328 e. The molecule has 0 spiro atoms. The van der Waals surface area contributed by atoms with Gasteiger partial charge in [0.05, 0.1) is 11.0 Å². The van der Waals surface area contributed by atoms with Crippen molar-refractivity contribution in [3.8, 4) is 0 Å². The number of carbonyl (C=O) groups is 1. The number of aromatic nitrogens is 1. The van der Waals surface area contributed by atoms with Crippen molar-refractivity contribution >= 4 is 28.8 Å². The summed E-state index contributed by atoms with van der Waals surface area (Å²) < 4.78 is 0. The zero-order valence-corrected chi connectivity index (χ0v) is 14.8. The summed E-state index contributed by atoms with van der Waals surface area (Å²) in [5.74, 6) is 0.323. The number of hydrogen-bond acceptors (Lipinski definition) is 4. The molecule has 2 aromatic rings. The molecule has 1 unspecified atom stereocenters. The third kappa shape index (κ3) is 3.42. The number of hydrogen-bond donors (Lipinski definition) is 1. The normalized spacial score (nSPS) is 18.4. The minimum atomic E-state index is -0.0610. The minimum Gasteiger partial charge on any atom is -0.328 e. The van der Waals surface area contributed by atoms with Gasteiger partial charge in [0, 0.05) is 36.0 Å². The summed E-state index contributed by atoms with van der Waals surface area (Å²) in [4.78, 5) is 19.3. The fraction of sp³-hybridized carbons (Fsp3) is 0.412. The molecule has 122 valence electrons. The summed E-state index contributed by atoms with van der Waals surface area (Å²) in [6.07, 6.45) is 0. The Hall–Kier alpha value is -1.43. The topological polar surface area (TPSA) is 45.2 Å². The van der Waals surface area contributed by atoms with Gasteiger partial charge in [0.25, 0.3) is 5.91 Å². The Morgan fingerprint density at radius 2 is 2.22 bits per heavy atom. The standard InChI is InChI=1S/C17H20ClN3OS/c1-11(2)16-20-14(10-23-16)17(22)21-8-7-19-9-15(21)12-5-3-4-6-13(12)18/h3-6,10-11,15,19H,7-9H2,1-2H3. The van der Waals surface area contributed by atoms with Crippen molar-refractivity contribution in [1.29, 1.82) is 0 Å². The first kappa shape index (κ1) is 16.4. The van der Waals surface area contributed by atoms with Crippen molar-refractivity contribution in [2.75, 3.05) is 19.6 Å². The van der Waals surface area contributed by atoms with E-state index < -0.39 is 0 Å². The fourth-order valence-electron chi connectivity index (χ4n) is 2.77. The number of benzene rings is 1. The van der Waals surface area contributed by atoms with Crippen molar-refractivity contribution in [1.82, 2.24) is 15.2 Å². The van der Waals surface area contributed by atoms with Crippen LogP contribution in [0.15, 0.2) is 29.6 Å². The van der Waals surface area contributed by atoms with Crippen LogP contribution in [0.3, 0.4) is 0 Å². The Labute approximate surface area is 145 Å². The van der Waals surface area contributed by atoms with Crippen LogP contribution < -0.4 is 5.32 Å². The average Bonchev–Trinajstić information content (AvgIpc) is 3.05. The molecule has 1 N–H and O–H groups in total. The predicted octanol–water partition coefficient (Wildman–Crippen LogP) is 3.71. The lowest BCUT2D eigenvalue weighted by Crippen LogP contribution is -2.48. The number of thiazole rings is 1. The van der Waals surface area contributed by atoms with E-state index in [4.69, 9.17) is 11.6 Å². The van der Waals surface area contributed by atoms with Gasteiger partial charge in [-0.1, -0.05) is 43.6 Å². The maximum absolute atomic E-state index is 12.9. The van der Waals surface area contributed by atoms with Gasteiger partial charge in [-0.05, 0) is 11.6 Å². The number of rotatable bonds is 3. The van der Waals surface area contributed by atoms with Gasteiger partial charge in [-0.15, -0.1) is 11.3 Å². The Morgan fingerprint density at radius 1 is 1.43 bits per heavy atom. The predicted molar refractivity (Wildman–Crippen MR) is 94.3 cm³/mol. The first-order valence-corrected chi connectivity index (χ1v) is 9.05. The Bertz CT molecular complexity index is 701. The van der Waals surface area contributed by atoms with Crippen LogP contribution in [0.1, 0.15) is 46.9 Å². The summed E-state index contributed by atoms with van der Waals surface area (Å²) in [5, 5.41) is 6.91. The van der Waals surface area contributed by atoms with Gasteiger partial charge in [-0.25, -0.2) is 4.98 Å². The molecule has 0 aliphatic carbocycles. The minimum absolute atomic E-state index is 0.0143. The van der Waals surface area contributed by atoms with Gasteiger partial charge in [0.1, 0.15) is 5.69 Å². The summed E-state index contributed by atoms with van der Waals surface area (Å²) >= 11 is 7.89. The van der Waals surface area contributed by atoms with Crippen LogP contribution in [-0.4, -0.2) is 35.4 Å². The van der Waals surface area contributed by atoms with Crippen molar-refractivity contribution in [3.05, 3.63) is 50.9 Å². The highest BCUT2D eigenvalue weighted by molar-refractivity contribution is 7.09. The summed E-state index contributed by atoms with van der Waals surface area (Å²) in [7, 11) is 0. The number of amides is 1. The fourth-order valence-corrected chi connectivity index (χ4v) is 3.84.